The molecular weight excluding hydrogens is 136 g/mol. The van der Waals surface area contributed by atoms with Crippen LogP contribution in [0.25, 0.3) is 0 Å². The Morgan fingerprint density at radius 2 is 2.00 bits per heavy atom. The third-order valence-corrected chi connectivity index (χ3v) is 4.02. The van der Waals surface area contributed by atoms with Crippen LogP contribution in [0, 0.1) is 23.2 Å². The van der Waals surface area contributed by atoms with Crippen molar-refractivity contribution < 1.29 is 5.11 Å². The van der Waals surface area contributed by atoms with Gasteiger partial charge in [0, 0.05) is 6.61 Å². The molecule has 0 unspecified atom stereocenters. The topological polar surface area (TPSA) is 20.2 Å². The number of rotatable bonds is 1. The molecular formula is C10H18O. The summed E-state index contributed by atoms with van der Waals surface area (Å²) in [4.78, 5) is 0. The molecule has 0 radical (unpaired) electrons. The molecule has 2 saturated carbocycles. The Labute approximate surface area is 68.8 Å². The van der Waals surface area contributed by atoms with Crippen LogP contribution < -0.4 is 0 Å². The highest BCUT2D eigenvalue weighted by Gasteiger charge is 2.58. The first-order valence-electron chi connectivity index (χ1n) is 4.77. The summed E-state index contributed by atoms with van der Waals surface area (Å²) in [6, 6.07) is 0. The smallest absolute Gasteiger partial charge is 0.0459 e. The molecule has 11 heavy (non-hydrogen) atoms. The fourth-order valence-corrected chi connectivity index (χ4v) is 2.96. The minimum atomic E-state index is 0.416. The van der Waals surface area contributed by atoms with Gasteiger partial charge in [-0.3, -0.25) is 0 Å². The molecule has 0 aromatic carbocycles. The van der Waals surface area contributed by atoms with E-state index in [0.29, 0.717) is 17.9 Å². The molecule has 2 rings (SSSR count). The third-order valence-electron chi connectivity index (χ3n) is 4.02. The Morgan fingerprint density at radius 1 is 1.27 bits per heavy atom. The second-order valence-electron chi connectivity index (χ2n) is 4.90. The Balaban J connectivity index is 1.97. The lowest BCUT2D eigenvalue weighted by Gasteiger charge is -2.17. The van der Waals surface area contributed by atoms with E-state index in [1.165, 1.54) is 19.3 Å². The lowest BCUT2D eigenvalue weighted by atomic mass is 9.90. The highest BCUT2D eigenvalue weighted by molar-refractivity contribution is 5.07. The van der Waals surface area contributed by atoms with Crippen molar-refractivity contribution in [3.8, 4) is 0 Å². The molecule has 0 saturated heterocycles. The van der Waals surface area contributed by atoms with Crippen LogP contribution in [-0.2, 0) is 0 Å². The van der Waals surface area contributed by atoms with E-state index in [0.717, 1.165) is 11.8 Å². The van der Waals surface area contributed by atoms with Gasteiger partial charge in [-0.05, 0) is 42.4 Å². The highest BCUT2D eigenvalue weighted by atomic mass is 16.3. The maximum atomic E-state index is 9.00. The lowest BCUT2D eigenvalue weighted by Crippen LogP contribution is -2.11. The van der Waals surface area contributed by atoms with Gasteiger partial charge in [-0.1, -0.05) is 13.8 Å². The van der Waals surface area contributed by atoms with Gasteiger partial charge in [0.05, 0.1) is 0 Å². The second-order valence-corrected chi connectivity index (χ2v) is 4.90. The molecule has 2 aliphatic rings. The Morgan fingerprint density at radius 3 is 2.55 bits per heavy atom. The van der Waals surface area contributed by atoms with Crippen LogP contribution in [-0.4, -0.2) is 11.7 Å². The Hall–Kier alpha value is -0.0400. The van der Waals surface area contributed by atoms with Crippen molar-refractivity contribution in [2.24, 2.45) is 23.2 Å². The van der Waals surface area contributed by atoms with Gasteiger partial charge in [0.2, 0.25) is 0 Å². The zero-order valence-electron chi connectivity index (χ0n) is 7.51. The second kappa shape index (κ2) is 2.22. The van der Waals surface area contributed by atoms with Crippen molar-refractivity contribution in [3.63, 3.8) is 0 Å². The first kappa shape index (κ1) is 7.60. The van der Waals surface area contributed by atoms with E-state index in [9.17, 15) is 0 Å². The highest BCUT2D eigenvalue weighted by Crippen LogP contribution is 2.65. The van der Waals surface area contributed by atoms with Gasteiger partial charge in [-0.2, -0.15) is 0 Å². The number of hydrogen-bond acceptors (Lipinski definition) is 1. The maximum absolute atomic E-state index is 9.00. The van der Waals surface area contributed by atoms with Crippen molar-refractivity contribution in [2.75, 3.05) is 6.61 Å². The van der Waals surface area contributed by atoms with Gasteiger partial charge in [0.15, 0.2) is 0 Å². The van der Waals surface area contributed by atoms with Crippen molar-refractivity contribution in [2.45, 2.75) is 33.1 Å². The number of aliphatic hydroxyl groups excluding tert-OH is 1. The van der Waals surface area contributed by atoms with Crippen LogP contribution in [0.15, 0.2) is 0 Å². The van der Waals surface area contributed by atoms with E-state index in [-0.39, 0.29) is 0 Å². The standard InChI is InChI=1S/C10H18O/c1-10(2)8-4-3-7(6-11)5-9(8)10/h7-9,11H,3-6H2,1-2H3/t7-,8-,9+/m1/s1. The number of fused-ring (bicyclic) bond motifs is 1. The van der Waals surface area contributed by atoms with Crippen molar-refractivity contribution in [3.05, 3.63) is 0 Å². The van der Waals surface area contributed by atoms with E-state index in [4.69, 9.17) is 5.11 Å². The summed E-state index contributed by atoms with van der Waals surface area (Å²) in [6.45, 7) is 5.17. The van der Waals surface area contributed by atoms with Crippen LogP contribution in [0.1, 0.15) is 33.1 Å². The minimum Gasteiger partial charge on any atom is -0.396 e. The zero-order valence-corrected chi connectivity index (χ0v) is 7.51. The summed E-state index contributed by atoms with van der Waals surface area (Å²) in [5.74, 6) is 2.55. The lowest BCUT2D eigenvalue weighted by molar-refractivity contribution is 0.185. The largest absolute Gasteiger partial charge is 0.396 e. The summed E-state index contributed by atoms with van der Waals surface area (Å²) in [5, 5.41) is 9.00. The Kier molecular flexibility index (Phi) is 1.54. The summed E-state index contributed by atoms with van der Waals surface area (Å²) < 4.78 is 0. The quantitative estimate of drug-likeness (QED) is 0.613. The predicted octanol–water partition coefficient (Wildman–Crippen LogP) is 2.05. The van der Waals surface area contributed by atoms with Gasteiger partial charge in [0.25, 0.3) is 0 Å². The van der Waals surface area contributed by atoms with E-state index in [1.807, 2.05) is 0 Å². The summed E-state index contributed by atoms with van der Waals surface area (Å²) in [6.07, 6.45) is 3.91. The molecule has 3 atom stereocenters. The van der Waals surface area contributed by atoms with E-state index in [2.05, 4.69) is 13.8 Å². The summed E-state index contributed by atoms with van der Waals surface area (Å²) >= 11 is 0. The van der Waals surface area contributed by atoms with Crippen LogP contribution in [0.3, 0.4) is 0 Å². The SMILES string of the molecule is CC1(C)[C@@H]2CC[C@@H](CO)C[C@@H]21. The molecule has 0 aliphatic heterocycles. The molecule has 2 aliphatic carbocycles. The van der Waals surface area contributed by atoms with Gasteiger partial charge in [0.1, 0.15) is 0 Å². The van der Waals surface area contributed by atoms with Gasteiger partial charge < -0.3 is 5.11 Å². The number of hydrogen-bond donors (Lipinski definition) is 1. The number of aliphatic hydroxyl groups is 1. The van der Waals surface area contributed by atoms with Crippen LogP contribution in [0.4, 0.5) is 0 Å². The third kappa shape index (κ3) is 1.01. The molecule has 0 amide bonds. The molecule has 2 fully saturated rings. The molecule has 0 spiro atoms. The summed E-state index contributed by atoms with van der Waals surface area (Å²) in [7, 11) is 0. The minimum absolute atomic E-state index is 0.416. The Bertz CT molecular complexity index is 162. The molecule has 0 aromatic rings. The van der Waals surface area contributed by atoms with Crippen LogP contribution in [0.2, 0.25) is 0 Å². The first-order valence-corrected chi connectivity index (χ1v) is 4.77. The summed E-state index contributed by atoms with van der Waals surface area (Å²) in [5.41, 5.74) is 0.615. The maximum Gasteiger partial charge on any atom is 0.0459 e. The van der Waals surface area contributed by atoms with Gasteiger partial charge in [-0.25, -0.2) is 0 Å². The molecule has 1 nitrogen and oxygen atoms in total. The molecule has 64 valence electrons. The fraction of sp³-hybridized carbons (Fsp3) is 1.00. The molecule has 0 aromatic heterocycles. The monoisotopic (exact) mass is 154 g/mol. The van der Waals surface area contributed by atoms with Crippen LogP contribution in [0.5, 0.6) is 0 Å². The molecule has 0 bridgehead atoms. The zero-order chi connectivity index (χ0) is 8.06. The van der Waals surface area contributed by atoms with E-state index < -0.39 is 0 Å². The molecule has 1 N–H and O–H groups in total. The first-order chi connectivity index (χ1) is 5.16. The van der Waals surface area contributed by atoms with Crippen molar-refractivity contribution in [1.29, 1.82) is 0 Å². The average Bonchev–Trinajstić information content (AvgIpc) is 2.55. The van der Waals surface area contributed by atoms with Gasteiger partial charge in [-0.15, -0.1) is 0 Å². The normalized spacial score (nSPS) is 46.6. The fourth-order valence-electron chi connectivity index (χ4n) is 2.96. The van der Waals surface area contributed by atoms with E-state index >= 15 is 0 Å². The van der Waals surface area contributed by atoms with Crippen LogP contribution >= 0.6 is 0 Å². The molecule has 1 heteroatoms. The average molecular weight is 154 g/mol. The van der Waals surface area contributed by atoms with Crippen molar-refractivity contribution in [1.82, 2.24) is 0 Å². The predicted molar refractivity (Wildman–Crippen MR) is 45.2 cm³/mol. The molecule has 0 heterocycles. The van der Waals surface area contributed by atoms with Gasteiger partial charge >= 0.3 is 0 Å². The van der Waals surface area contributed by atoms with E-state index in [1.54, 1.807) is 0 Å². The van der Waals surface area contributed by atoms with Crippen molar-refractivity contribution >= 4 is 0 Å².